The number of halogens is 1. The van der Waals surface area contributed by atoms with Gasteiger partial charge in [-0.05, 0) is 28.9 Å². The van der Waals surface area contributed by atoms with Crippen molar-refractivity contribution in [1.82, 2.24) is 5.16 Å². The summed E-state index contributed by atoms with van der Waals surface area (Å²) in [5.41, 5.74) is 1.87. The van der Waals surface area contributed by atoms with Crippen LogP contribution in [0.4, 0.5) is 0 Å². The molecule has 0 unspecified atom stereocenters. The van der Waals surface area contributed by atoms with Crippen molar-refractivity contribution in [2.45, 2.75) is 6.92 Å². The van der Waals surface area contributed by atoms with Crippen LogP contribution in [-0.2, 0) is 0 Å². The van der Waals surface area contributed by atoms with Gasteiger partial charge in [-0.1, -0.05) is 5.16 Å². The first-order chi connectivity index (χ1) is 9.49. The fraction of sp³-hybridized carbons (Fsp3) is 0.231. The third kappa shape index (κ3) is 2.36. The molecule has 0 spiro atoms. The number of aromatic nitrogens is 1. The van der Waals surface area contributed by atoms with Crippen molar-refractivity contribution in [3.63, 3.8) is 0 Å². The van der Waals surface area contributed by atoms with Crippen molar-refractivity contribution in [1.29, 1.82) is 0 Å². The Morgan fingerprint density at radius 1 is 1.35 bits per heavy atom. The van der Waals surface area contributed by atoms with E-state index in [1.54, 1.807) is 13.2 Å². The van der Waals surface area contributed by atoms with Gasteiger partial charge in [0.05, 0.1) is 14.2 Å². The normalized spacial score (nSPS) is 10.4. The zero-order valence-corrected chi connectivity index (χ0v) is 12.6. The maximum Gasteiger partial charge on any atom is 0.374 e. The highest BCUT2D eigenvalue weighted by Gasteiger charge is 2.21. The van der Waals surface area contributed by atoms with Gasteiger partial charge in [-0.3, -0.25) is 0 Å². The minimum absolute atomic E-state index is 0.221. The van der Waals surface area contributed by atoms with E-state index in [1.165, 1.54) is 13.2 Å². The molecule has 6 nitrogen and oxygen atoms in total. The summed E-state index contributed by atoms with van der Waals surface area (Å²) in [5, 5.41) is 12.7. The quantitative estimate of drug-likeness (QED) is 0.919. The lowest BCUT2D eigenvalue weighted by atomic mass is 10.0. The number of carboxylic acid groups (broad SMARTS) is 1. The molecule has 0 fully saturated rings. The Balaban J connectivity index is 2.64. The maximum absolute atomic E-state index is 10.8. The van der Waals surface area contributed by atoms with Gasteiger partial charge in [0.2, 0.25) is 5.76 Å². The lowest BCUT2D eigenvalue weighted by Gasteiger charge is -2.14. The van der Waals surface area contributed by atoms with Crippen LogP contribution in [0.3, 0.4) is 0 Å². The Kier molecular flexibility index (Phi) is 3.99. The predicted molar refractivity (Wildman–Crippen MR) is 74.4 cm³/mol. The molecule has 0 saturated carbocycles. The highest BCUT2D eigenvalue weighted by Crippen LogP contribution is 2.42. The van der Waals surface area contributed by atoms with Crippen molar-refractivity contribution in [3.05, 3.63) is 27.9 Å². The van der Waals surface area contributed by atoms with Crippen LogP contribution in [0.25, 0.3) is 11.3 Å². The smallest absolute Gasteiger partial charge is 0.374 e. The van der Waals surface area contributed by atoms with E-state index in [2.05, 4.69) is 21.1 Å². The number of aromatic carboxylic acids is 1. The zero-order valence-electron chi connectivity index (χ0n) is 11.1. The van der Waals surface area contributed by atoms with E-state index < -0.39 is 5.97 Å². The SMILES string of the molecule is COc1cc(Br)c(-c2cc(C(=O)O)on2)c(C)c1OC. The highest BCUT2D eigenvalue weighted by atomic mass is 79.9. The summed E-state index contributed by atoms with van der Waals surface area (Å²) in [4.78, 5) is 10.8. The van der Waals surface area contributed by atoms with Gasteiger partial charge < -0.3 is 19.1 Å². The second-order valence-corrected chi connectivity index (χ2v) is 4.83. The molecule has 1 aromatic heterocycles. The number of benzene rings is 1. The van der Waals surface area contributed by atoms with Crippen molar-refractivity contribution < 1.29 is 23.9 Å². The molecular formula is C13H12BrNO5. The molecule has 0 amide bonds. The van der Waals surface area contributed by atoms with Crippen LogP contribution in [0.1, 0.15) is 16.1 Å². The summed E-state index contributed by atoms with van der Waals surface area (Å²) in [5.74, 6) is -0.257. The Morgan fingerprint density at radius 2 is 2.05 bits per heavy atom. The maximum atomic E-state index is 10.8. The van der Waals surface area contributed by atoms with E-state index in [0.717, 1.165) is 5.56 Å². The van der Waals surface area contributed by atoms with E-state index in [4.69, 9.17) is 19.1 Å². The summed E-state index contributed by atoms with van der Waals surface area (Å²) in [6.07, 6.45) is 0. The van der Waals surface area contributed by atoms with Crippen molar-refractivity contribution in [3.8, 4) is 22.8 Å². The molecule has 7 heteroatoms. The molecule has 0 aliphatic heterocycles. The summed E-state index contributed by atoms with van der Waals surface area (Å²) in [6, 6.07) is 3.09. The second kappa shape index (κ2) is 5.54. The third-order valence-corrected chi connectivity index (χ3v) is 3.46. The summed E-state index contributed by atoms with van der Waals surface area (Å²) in [6.45, 7) is 1.83. The molecule has 20 heavy (non-hydrogen) atoms. The molecule has 0 bridgehead atoms. The minimum Gasteiger partial charge on any atom is -0.493 e. The van der Waals surface area contributed by atoms with Crippen LogP contribution in [0.15, 0.2) is 21.1 Å². The topological polar surface area (TPSA) is 81.8 Å². The van der Waals surface area contributed by atoms with Crippen LogP contribution in [0, 0.1) is 6.92 Å². The number of ether oxygens (including phenoxy) is 2. The van der Waals surface area contributed by atoms with Crippen molar-refractivity contribution in [2.24, 2.45) is 0 Å². The molecule has 106 valence electrons. The number of methoxy groups -OCH3 is 2. The molecule has 0 atom stereocenters. The predicted octanol–water partition coefficient (Wildman–Crippen LogP) is 3.13. The Bertz CT molecular complexity index is 665. The largest absolute Gasteiger partial charge is 0.493 e. The first-order valence-corrected chi connectivity index (χ1v) is 6.40. The Morgan fingerprint density at radius 3 is 2.55 bits per heavy atom. The van der Waals surface area contributed by atoms with Crippen molar-refractivity contribution in [2.75, 3.05) is 14.2 Å². The average molecular weight is 342 g/mol. The molecular weight excluding hydrogens is 330 g/mol. The lowest BCUT2D eigenvalue weighted by Crippen LogP contribution is -1.96. The van der Waals surface area contributed by atoms with Crippen LogP contribution >= 0.6 is 15.9 Å². The molecule has 0 radical (unpaired) electrons. The molecule has 0 aliphatic rings. The van der Waals surface area contributed by atoms with Crippen molar-refractivity contribution >= 4 is 21.9 Å². The number of hydrogen-bond donors (Lipinski definition) is 1. The molecule has 1 N–H and O–H groups in total. The van der Waals surface area contributed by atoms with Gasteiger partial charge in [0, 0.05) is 21.7 Å². The highest BCUT2D eigenvalue weighted by molar-refractivity contribution is 9.10. The Hall–Kier alpha value is -2.02. The zero-order chi connectivity index (χ0) is 14.9. The number of hydrogen-bond acceptors (Lipinski definition) is 5. The Labute approximate surface area is 123 Å². The number of carbonyl (C=O) groups is 1. The summed E-state index contributed by atoms with van der Waals surface area (Å²) >= 11 is 3.42. The second-order valence-electron chi connectivity index (χ2n) is 3.98. The van der Waals surface area contributed by atoms with E-state index in [1.807, 2.05) is 6.92 Å². The van der Waals surface area contributed by atoms with E-state index >= 15 is 0 Å². The molecule has 2 aromatic rings. The van der Waals surface area contributed by atoms with Gasteiger partial charge in [0.15, 0.2) is 11.5 Å². The average Bonchev–Trinajstić information content (AvgIpc) is 2.87. The van der Waals surface area contributed by atoms with Crippen LogP contribution in [-0.4, -0.2) is 30.5 Å². The third-order valence-electron chi connectivity index (χ3n) is 2.84. The molecule has 1 heterocycles. The van der Waals surface area contributed by atoms with E-state index in [0.29, 0.717) is 27.2 Å². The fourth-order valence-electron chi connectivity index (χ4n) is 1.94. The van der Waals surface area contributed by atoms with Gasteiger partial charge in [0.1, 0.15) is 5.69 Å². The summed E-state index contributed by atoms with van der Waals surface area (Å²) < 4.78 is 16.0. The monoisotopic (exact) mass is 341 g/mol. The van der Waals surface area contributed by atoms with Crippen LogP contribution < -0.4 is 9.47 Å². The number of carboxylic acids is 1. The van der Waals surface area contributed by atoms with Crippen LogP contribution in [0.2, 0.25) is 0 Å². The number of rotatable bonds is 4. The molecule has 0 aliphatic carbocycles. The summed E-state index contributed by atoms with van der Waals surface area (Å²) in [7, 11) is 3.08. The minimum atomic E-state index is -1.17. The molecule has 1 aromatic carbocycles. The van der Waals surface area contributed by atoms with Gasteiger partial charge in [-0.25, -0.2) is 4.79 Å². The van der Waals surface area contributed by atoms with E-state index in [-0.39, 0.29) is 5.76 Å². The molecule has 0 saturated heterocycles. The van der Waals surface area contributed by atoms with Gasteiger partial charge >= 0.3 is 5.97 Å². The lowest BCUT2D eigenvalue weighted by molar-refractivity contribution is 0.0652. The van der Waals surface area contributed by atoms with Gasteiger partial charge in [-0.2, -0.15) is 0 Å². The first kappa shape index (κ1) is 14.4. The fourth-order valence-corrected chi connectivity index (χ4v) is 2.65. The van der Waals surface area contributed by atoms with Gasteiger partial charge in [-0.15, -0.1) is 0 Å². The van der Waals surface area contributed by atoms with Crippen LogP contribution in [0.5, 0.6) is 11.5 Å². The van der Waals surface area contributed by atoms with Gasteiger partial charge in [0.25, 0.3) is 0 Å². The first-order valence-electron chi connectivity index (χ1n) is 5.61. The standard InChI is InChI=1S/C13H12BrNO5/c1-6-11(8-5-10(13(16)17)20-15-8)7(14)4-9(18-2)12(6)19-3/h4-5H,1-3H3,(H,16,17). The molecule has 2 rings (SSSR count). The van der Waals surface area contributed by atoms with E-state index in [9.17, 15) is 4.79 Å². The number of nitrogens with zero attached hydrogens (tertiary/aromatic N) is 1.